The molecule has 0 saturated heterocycles. The molecule has 0 aliphatic heterocycles. The van der Waals surface area contributed by atoms with Crippen molar-refractivity contribution < 1.29 is 33.5 Å². The van der Waals surface area contributed by atoms with Crippen LogP contribution in [0, 0.1) is 10.1 Å². The van der Waals surface area contributed by atoms with E-state index in [1.54, 1.807) is 20.2 Å². The molecule has 2 aromatic rings. The zero-order valence-electron chi connectivity index (χ0n) is 18.5. The molecule has 2 aromatic carbocycles. The lowest BCUT2D eigenvalue weighted by molar-refractivity contribution is -0.385. The second kappa shape index (κ2) is 11.0. The Labute approximate surface area is 185 Å². The van der Waals surface area contributed by atoms with Gasteiger partial charge in [0.05, 0.1) is 37.5 Å². The number of ether oxygens (including phenoxy) is 4. The Morgan fingerprint density at radius 2 is 1.69 bits per heavy atom. The Morgan fingerprint density at radius 1 is 1.00 bits per heavy atom. The first kappa shape index (κ1) is 24.4. The number of benzene rings is 2. The summed E-state index contributed by atoms with van der Waals surface area (Å²) in [4.78, 5) is 37.6. The van der Waals surface area contributed by atoms with Gasteiger partial charge in [0.2, 0.25) is 0 Å². The standard InChI is InChI=1S/C21H25N3O8/c1-23(2)21(26)13-6-7-17(30-4)15(10-13)22-20(25)14-11-18(31-5)19(32-9-8-29-3)12-16(14)24(27)28/h6-7,10-12H,8-9H2,1-5H3,(H,22,25). The fourth-order valence-electron chi connectivity index (χ4n) is 2.78. The van der Waals surface area contributed by atoms with Crippen molar-refractivity contribution in [3.8, 4) is 17.2 Å². The van der Waals surface area contributed by atoms with E-state index in [2.05, 4.69) is 5.32 Å². The Balaban J connectivity index is 2.45. The minimum Gasteiger partial charge on any atom is -0.495 e. The van der Waals surface area contributed by atoms with E-state index in [9.17, 15) is 19.7 Å². The number of nitrogens with zero attached hydrogens (tertiary/aromatic N) is 2. The van der Waals surface area contributed by atoms with Crippen molar-refractivity contribution in [1.29, 1.82) is 0 Å². The fraction of sp³-hybridized carbons (Fsp3) is 0.333. The van der Waals surface area contributed by atoms with E-state index in [-0.39, 0.29) is 47.6 Å². The molecule has 0 aliphatic rings. The van der Waals surface area contributed by atoms with Gasteiger partial charge in [0.15, 0.2) is 11.5 Å². The molecule has 2 amide bonds. The van der Waals surface area contributed by atoms with Crippen molar-refractivity contribution >= 4 is 23.2 Å². The number of amides is 2. The molecule has 0 heterocycles. The summed E-state index contributed by atoms with van der Waals surface area (Å²) in [6.45, 7) is 0.403. The maximum absolute atomic E-state index is 13.0. The average Bonchev–Trinajstić information content (AvgIpc) is 2.77. The maximum atomic E-state index is 13.0. The van der Waals surface area contributed by atoms with E-state index in [1.807, 2.05) is 0 Å². The molecule has 11 heteroatoms. The Kier molecular flexibility index (Phi) is 8.36. The summed E-state index contributed by atoms with van der Waals surface area (Å²) in [6.07, 6.45) is 0. The van der Waals surface area contributed by atoms with E-state index in [0.29, 0.717) is 5.56 Å². The van der Waals surface area contributed by atoms with Gasteiger partial charge in [-0.2, -0.15) is 0 Å². The second-order valence-electron chi connectivity index (χ2n) is 6.69. The Bertz CT molecular complexity index is 1010. The normalized spacial score (nSPS) is 10.3. The summed E-state index contributed by atoms with van der Waals surface area (Å²) in [6, 6.07) is 6.84. The molecule has 0 fully saturated rings. The topological polar surface area (TPSA) is 129 Å². The number of carbonyl (C=O) groups excluding carboxylic acids is 2. The van der Waals surface area contributed by atoms with E-state index >= 15 is 0 Å². The number of nitrogens with one attached hydrogen (secondary N) is 1. The first-order valence-corrected chi connectivity index (χ1v) is 9.42. The number of rotatable bonds is 10. The third-order valence-corrected chi connectivity index (χ3v) is 4.37. The van der Waals surface area contributed by atoms with E-state index in [0.717, 1.165) is 6.07 Å². The molecular weight excluding hydrogens is 422 g/mol. The number of methoxy groups -OCH3 is 3. The summed E-state index contributed by atoms with van der Waals surface area (Å²) >= 11 is 0. The van der Waals surface area contributed by atoms with Crippen molar-refractivity contribution in [3.05, 3.63) is 51.6 Å². The van der Waals surface area contributed by atoms with Gasteiger partial charge in [0.1, 0.15) is 17.9 Å². The summed E-state index contributed by atoms with van der Waals surface area (Å²) < 4.78 is 20.8. The highest BCUT2D eigenvalue weighted by atomic mass is 16.6. The van der Waals surface area contributed by atoms with Crippen LogP contribution < -0.4 is 19.5 Å². The molecule has 0 aromatic heterocycles. The number of nitro groups is 1. The average molecular weight is 447 g/mol. The number of carbonyl (C=O) groups is 2. The second-order valence-corrected chi connectivity index (χ2v) is 6.69. The van der Waals surface area contributed by atoms with E-state index in [4.69, 9.17) is 18.9 Å². The van der Waals surface area contributed by atoms with Crippen LogP contribution in [0.15, 0.2) is 30.3 Å². The summed E-state index contributed by atoms with van der Waals surface area (Å²) in [5.41, 5.74) is -0.244. The van der Waals surface area contributed by atoms with E-state index in [1.165, 1.54) is 44.4 Å². The van der Waals surface area contributed by atoms with Crippen LogP contribution in [-0.2, 0) is 4.74 Å². The molecule has 172 valence electrons. The van der Waals surface area contributed by atoms with Crippen molar-refractivity contribution in [2.45, 2.75) is 0 Å². The fourth-order valence-corrected chi connectivity index (χ4v) is 2.78. The lowest BCUT2D eigenvalue weighted by Gasteiger charge is -2.15. The minimum absolute atomic E-state index is 0.101. The molecule has 1 N–H and O–H groups in total. The predicted octanol–water partition coefficient (Wildman–Crippen LogP) is 2.59. The van der Waals surface area contributed by atoms with Gasteiger partial charge in [-0.05, 0) is 18.2 Å². The molecule has 0 spiro atoms. The maximum Gasteiger partial charge on any atom is 0.286 e. The molecule has 0 radical (unpaired) electrons. The molecule has 2 rings (SSSR count). The number of hydrogen-bond donors (Lipinski definition) is 1. The van der Waals surface area contributed by atoms with Crippen LogP contribution in [-0.4, -0.2) is 70.3 Å². The molecule has 32 heavy (non-hydrogen) atoms. The van der Waals surface area contributed by atoms with Crippen molar-refractivity contribution in [3.63, 3.8) is 0 Å². The van der Waals surface area contributed by atoms with Gasteiger partial charge < -0.3 is 29.2 Å². The van der Waals surface area contributed by atoms with Crippen molar-refractivity contribution in [1.82, 2.24) is 4.90 Å². The summed E-state index contributed by atoms with van der Waals surface area (Å²) in [5, 5.41) is 14.2. The van der Waals surface area contributed by atoms with Crippen LogP contribution in [0.1, 0.15) is 20.7 Å². The van der Waals surface area contributed by atoms with Gasteiger partial charge in [-0.3, -0.25) is 19.7 Å². The third kappa shape index (κ3) is 5.64. The van der Waals surface area contributed by atoms with Crippen LogP contribution in [0.5, 0.6) is 17.2 Å². The molecular formula is C21H25N3O8. The number of hydrogen-bond acceptors (Lipinski definition) is 8. The van der Waals surface area contributed by atoms with Gasteiger partial charge in [0, 0.05) is 32.8 Å². The van der Waals surface area contributed by atoms with Crippen LogP contribution in [0.2, 0.25) is 0 Å². The first-order chi connectivity index (χ1) is 15.2. The molecule has 0 bridgehead atoms. The van der Waals surface area contributed by atoms with Gasteiger partial charge in [0.25, 0.3) is 17.5 Å². The smallest absolute Gasteiger partial charge is 0.286 e. The first-order valence-electron chi connectivity index (χ1n) is 9.42. The van der Waals surface area contributed by atoms with Crippen molar-refractivity contribution in [2.75, 3.05) is 54.0 Å². The largest absolute Gasteiger partial charge is 0.495 e. The highest BCUT2D eigenvalue weighted by Gasteiger charge is 2.26. The van der Waals surface area contributed by atoms with Gasteiger partial charge in [-0.1, -0.05) is 0 Å². The molecule has 0 aliphatic carbocycles. The Hall–Kier alpha value is -3.86. The van der Waals surface area contributed by atoms with Crippen molar-refractivity contribution in [2.24, 2.45) is 0 Å². The monoisotopic (exact) mass is 447 g/mol. The lowest BCUT2D eigenvalue weighted by atomic mass is 10.1. The molecule has 0 atom stereocenters. The quantitative estimate of drug-likeness (QED) is 0.334. The van der Waals surface area contributed by atoms with Crippen LogP contribution in [0.4, 0.5) is 11.4 Å². The highest BCUT2D eigenvalue weighted by Crippen LogP contribution is 2.36. The van der Waals surface area contributed by atoms with Crippen LogP contribution >= 0.6 is 0 Å². The van der Waals surface area contributed by atoms with Gasteiger partial charge >= 0.3 is 0 Å². The number of nitro benzene ring substituents is 1. The third-order valence-electron chi connectivity index (χ3n) is 4.37. The van der Waals surface area contributed by atoms with Gasteiger partial charge in [-0.15, -0.1) is 0 Å². The highest BCUT2D eigenvalue weighted by molar-refractivity contribution is 6.09. The predicted molar refractivity (Wildman–Crippen MR) is 116 cm³/mol. The lowest BCUT2D eigenvalue weighted by Crippen LogP contribution is -2.22. The van der Waals surface area contributed by atoms with Crippen LogP contribution in [0.3, 0.4) is 0 Å². The summed E-state index contributed by atoms with van der Waals surface area (Å²) in [5.74, 6) is -0.549. The van der Waals surface area contributed by atoms with Gasteiger partial charge in [-0.25, -0.2) is 0 Å². The Morgan fingerprint density at radius 3 is 2.25 bits per heavy atom. The summed E-state index contributed by atoms with van der Waals surface area (Å²) in [7, 11) is 7.43. The molecule has 0 unspecified atom stereocenters. The van der Waals surface area contributed by atoms with Crippen LogP contribution in [0.25, 0.3) is 0 Å². The zero-order chi connectivity index (χ0) is 23.8. The molecule has 11 nitrogen and oxygen atoms in total. The number of anilines is 1. The molecule has 0 saturated carbocycles. The SMILES string of the molecule is COCCOc1cc([N+](=O)[O-])c(C(=O)Nc2cc(C(=O)N(C)C)ccc2OC)cc1OC. The van der Waals surface area contributed by atoms with E-state index < -0.39 is 16.5 Å². The minimum atomic E-state index is -0.786. The zero-order valence-corrected chi connectivity index (χ0v) is 18.5.